The lowest BCUT2D eigenvalue weighted by atomic mass is 10.1. The van der Waals surface area contributed by atoms with Crippen molar-refractivity contribution in [1.29, 1.82) is 0 Å². The number of aromatic hydroxyl groups is 1. The zero-order valence-electron chi connectivity index (χ0n) is 16.6. The summed E-state index contributed by atoms with van der Waals surface area (Å²) in [6.07, 6.45) is 1.33. The fourth-order valence-electron chi connectivity index (χ4n) is 2.56. The molecule has 0 spiro atoms. The summed E-state index contributed by atoms with van der Waals surface area (Å²) >= 11 is 0. The van der Waals surface area contributed by atoms with Crippen molar-refractivity contribution in [1.82, 2.24) is 0 Å². The van der Waals surface area contributed by atoms with Crippen molar-refractivity contribution in [2.45, 2.75) is 19.4 Å². The number of aliphatic hydroxyl groups excluding tert-OH is 2. The summed E-state index contributed by atoms with van der Waals surface area (Å²) in [6.45, 7) is 0.861. The highest BCUT2D eigenvalue weighted by atomic mass is 16.5. The molecule has 3 N–H and O–H groups in total. The van der Waals surface area contributed by atoms with E-state index in [1.54, 1.807) is 31.4 Å². The van der Waals surface area contributed by atoms with Crippen LogP contribution in [0.25, 0.3) is 0 Å². The maximum Gasteiger partial charge on any atom is 0.119 e. The van der Waals surface area contributed by atoms with Crippen LogP contribution in [0.4, 0.5) is 0 Å². The van der Waals surface area contributed by atoms with Gasteiger partial charge in [0.05, 0.1) is 7.11 Å². The number of phenolic OH excluding ortho intramolecular Hbond substituents is 1. The lowest BCUT2D eigenvalue weighted by molar-refractivity contribution is 0.298. The summed E-state index contributed by atoms with van der Waals surface area (Å²) in [5.74, 6) is 1.94. The molecule has 0 unspecified atom stereocenters. The maximum atomic E-state index is 8.86. The molecule has 5 heteroatoms. The second-order valence-electron chi connectivity index (χ2n) is 6.39. The zero-order chi connectivity index (χ0) is 20.9. The Morgan fingerprint density at radius 2 is 1.07 bits per heavy atom. The monoisotopic (exact) mass is 396 g/mol. The van der Waals surface area contributed by atoms with Gasteiger partial charge in [0.25, 0.3) is 0 Å². The molecule has 0 saturated heterocycles. The summed E-state index contributed by atoms with van der Waals surface area (Å²) < 4.78 is 10.8. The minimum Gasteiger partial charge on any atom is -0.508 e. The van der Waals surface area contributed by atoms with Crippen molar-refractivity contribution in [3.63, 3.8) is 0 Å². The Balaban J connectivity index is 0.000000253. The molecule has 0 saturated carbocycles. The van der Waals surface area contributed by atoms with E-state index in [0.29, 0.717) is 19.4 Å². The number of methoxy groups -OCH3 is 1. The van der Waals surface area contributed by atoms with Crippen LogP contribution in [0.5, 0.6) is 17.2 Å². The number of hydrogen-bond donors (Lipinski definition) is 3. The van der Waals surface area contributed by atoms with Gasteiger partial charge in [0, 0.05) is 13.2 Å². The van der Waals surface area contributed by atoms with E-state index >= 15 is 0 Å². The lowest BCUT2D eigenvalue weighted by Gasteiger charge is -2.07. The van der Waals surface area contributed by atoms with Crippen LogP contribution in [-0.4, -0.2) is 35.6 Å². The molecule has 5 nitrogen and oxygen atoms in total. The first-order valence-corrected chi connectivity index (χ1v) is 9.49. The number of hydrogen-bond acceptors (Lipinski definition) is 5. The third-order valence-corrected chi connectivity index (χ3v) is 4.23. The third-order valence-electron chi connectivity index (χ3n) is 4.23. The largest absolute Gasteiger partial charge is 0.508 e. The maximum absolute atomic E-state index is 8.86. The molecular weight excluding hydrogens is 368 g/mol. The summed E-state index contributed by atoms with van der Waals surface area (Å²) in [6, 6.07) is 22.4. The van der Waals surface area contributed by atoms with Crippen molar-refractivity contribution in [3.05, 3.63) is 89.5 Å². The second-order valence-corrected chi connectivity index (χ2v) is 6.39. The van der Waals surface area contributed by atoms with Crippen LogP contribution < -0.4 is 9.47 Å². The minimum absolute atomic E-state index is 0.158. The first-order chi connectivity index (χ1) is 14.1. The van der Waals surface area contributed by atoms with E-state index in [4.69, 9.17) is 24.8 Å². The molecule has 0 aliphatic carbocycles. The number of benzene rings is 3. The zero-order valence-corrected chi connectivity index (χ0v) is 16.6. The van der Waals surface area contributed by atoms with Crippen molar-refractivity contribution in [2.24, 2.45) is 0 Å². The van der Waals surface area contributed by atoms with Gasteiger partial charge in [0.1, 0.15) is 23.9 Å². The van der Waals surface area contributed by atoms with Crippen LogP contribution >= 0.6 is 0 Å². The van der Waals surface area contributed by atoms with E-state index in [-0.39, 0.29) is 19.0 Å². The van der Waals surface area contributed by atoms with E-state index < -0.39 is 0 Å². The van der Waals surface area contributed by atoms with Gasteiger partial charge in [-0.3, -0.25) is 0 Å². The molecule has 0 fully saturated rings. The van der Waals surface area contributed by atoms with Crippen molar-refractivity contribution < 1.29 is 24.8 Å². The fourth-order valence-corrected chi connectivity index (χ4v) is 2.56. The molecule has 0 atom stereocenters. The van der Waals surface area contributed by atoms with Crippen molar-refractivity contribution in [3.8, 4) is 17.2 Å². The molecule has 0 aliphatic heterocycles. The number of phenols is 1. The summed E-state index contributed by atoms with van der Waals surface area (Å²) in [5, 5.41) is 26.2. The van der Waals surface area contributed by atoms with Gasteiger partial charge in [0.15, 0.2) is 0 Å². The molecule has 3 aromatic rings. The molecular formula is C24H28O5. The second kappa shape index (κ2) is 12.4. The molecule has 154 valence electrons. The van der Waals surface area contributed by atoms with Gasteiger partial charge in [-0.05, 0) is 65.9 Å². The smallest absolute Gasteiger partial charge is 0.119 e. The van der Waals surface area contributed by atoms with Gasteiger partial charge in [-0.2, -0.15) is 0 Å². The van der Waals surface area contributed by atoms with Gasteiger partial charge in [-0.15, -0.1) is 0 Å². The Hall–Kier alpha value is -3.02. The van der Waals surface area contributed by atoms with Gasteiger partial charge < -0.3 is 24.8 Å². The Labute approximate surface area is 171 Å². The first-order valence-electron chi connectivity index (χ1n) is 9.49. The SMILES string of the molecule is COc1ccc(COc2ccc(CCO)cc2)cc1.OCCc1ccc(O)cc1. The normalized spacial score (nSPS) is 10.0. The molecule has 3 aromatic carbocycles. The predicted molar refractivity (Wildman–Crippen MR) is 113 cm³/mol. The van der Waals surface area contributed by atoms with E-state index in [2.05, 4.69) is 0 Å². The average Bonchev–Trinajstić information content (AvgIpc) is 2.76. The van der Waals surface area contributed by atoms with E-state index in [9.17, 15) is 0 Å². The summed E-state index contributed by atoms with van der Waals surface area (Å²) in [4.78, 5) is 0. The van der Waals surface area contributed by atoms with Crippen LogP contribution in [0.2, 0.25) is 0 Å². The highest BCUT2D eigenvalue weighted by Crippen LogP contribution is 2.16. The van der Waals surface area contributed by atoms with Gasteiger partial charge in [0.2, 0.25) is 0 Å². The topological polar surface area (TPSA) is 79.2 Å². The molecule has 3 rings (SSSR count). The van der Waals surface area contributed by atoms with Gasteiger partial charge in [-0.25, -0.2) is 0 Å². The van der Waals surface area contributed by atoms with Crippen LogP contribution in [-0.2, 0) is 19.4 Å². The Kier molecular flexibility index (Phi) is 9.55. The first kappa shape index (κ1) is 22.3. The van der Waals surface area contributed by atoms with E-state index in [0.717, 1.165) is 28.2 Å². The highest BCUT2D eigenvalue weighted by molar-refractivity contribution is 5.29. The van der Waals surface area contributed by atoms with Crippen molar-refractivity contribution in [2.75, 3.05) is 20.3 Å². The summed E-state index contributed by atoms with van der Waals surface area (Å²) in [5.41, 5.74) is 3.25. The number of aliphatic hydroxyl groups is 2. The molecule has 0 amide bonds. The number of rotatable bonds is 8. The standard InChI is InChI=1S/C16H18O3.C8H10O2/c1-18-15-6-4-14(5-7-15)12-19-16-8-2-13(3-9-16)10-11-17;9-6-5-7-1-3-8(10)4-2-7/h2-9,17H,10-12H2,1H3;1-4,9-10H,5-6H2. The van der Waals surface area contributed by atoms with Gasteiger partial charge >= 0.3 is 0 Å². The lowest BCUT2D eigenvalue weighted by Crippen LogP contribution is -1.96. The Morgan fingerprint density at radius 1 is 0.621 bits per heavy atom. The molecule has 0 aliphatic rings. The molecule has 29 heavy (non-hydrogen) atoms. The van der Waals surface area contributed by atoms with E-state index in [1.165, 1.54) is 0 Å². The van der Waals surface area contributed by atoms with Crippen LogP contribution in [0.3, 0.4) is 0 Å². The quantitative estimate of drug-likeness (QED) is 0.541. The highest BCUT2D eigenvalue weighted by Gasteiger charge is 1.98. The average molecular weight is 396 g/mol. The minimum atomic E-state index is 0.158. The Bertz CT molecular complexity index is 811. The summed E-state index contributed by atoms with van der Waals surface area (Å²) in [7, 11) is 1.65. The van der Waals surface area contributed by atoms with E-state index in [1.807, 2.05) is 48.5 Å². The van der Waals surface area contributed by atoms with Crippen molar-refractivity contribution >= 4 is 0 Å². The molecule has 0 bridgehead atoms. The fraction of sp³-hybridized carbons (Fsp3) is 0.250. The van der Waals surface area contributed by atoms with Crippen LogP contribution in [0.15, 0.2) is 72.8 Å². The molecule has 0 aromatic heterocycles. The third kappa shape index (κ3) is 8.25. The Morgan fingerprint density at radius 3 is 1.55 bits per heavy atom. The molecule has 0 heterocycles. The number of ether oxygens (including phenoxy) is 2. The van der Waals surface area contributed by atoms with Gasteiger partial charge in [-0.1, -0.05) is 36.4 Å². The van der Waals surface area contributed by atoms with Crippen LogP contribution in [0, 0.1) is 0 Å². The predicted octanol–water partition coefficient (Wildman–Crippen LogP) is 3.74. The molecule has 0 radical (unpaired) electrons. The van der Waals surface area contributed by atoms with Crippen LogP contribution in [0.1, 0.15) is 16.7 Å².